The number of hydrogen-bond acceptors (Lipinski definition) is 8. The summed E-state index contributed by atoms with van der Waals surface area (Å²) in [5.41, 5.74) is -0.182. The Hall–Kier alpha value is -1.29. The monoisotopic (exact) mass is 410 g/mol. The molecule has 0 aromatic heterocycles. The maximum absolute atomic E-state index is 12.6. The molecule has 2 rings (SSSR count). The molecule has 0 bridgehead atoms. The van der Waals surface area contributed by atoms with Crippen molar-refractivity contribution in [2.24, 2.45) is 0 Å². The Labute approximate surface area is 159 Å². The van der Waals surface area contributed by atoms with E-state index in [1.54, 1.807) is 6.92 Å². The molecule has 1 aromatic carbocycles. The van der Waals surface area contributed by atoms with Crippen LogP contribution in [0.4, 0.5) is 0 Å². The van der Waals surface area contributed by atoms with Crippen LogP contribution in [0.15, 0.2) is 0 Å². The van der Waals surface area contributed by atoms with Crippen molar-refractivity contribution in [2.45, 2.75) is 51.0 Å². The number of rotatable bonds is 4. The Kier molecular flexibility index (Phi) is 6.60. The number of carbonyl (C=O) groups excluding carboxylic acids is 1. The zero-order valence-electron chi connectivity index (χ0n) is 14.3. The van der Waals surface area contributed by atoms with Crippen molar-refractivity contribution in [3.8, 4) is 11.5 Å². The highest BCUT2D eigenvalue weighted by atomic mass is 35.5. The molecule has 26 heavy (non-hydrogen) atoms. The Morgan fingerprint density at radius 2 is 1.77 bits per heavy atom. The molecule has 0 radical (unpaired) electrons. The van der Waals surface area contributed by atoms with Crippen molar-refractivity contribution >= 4 is 29.2 Å². The second kappa shape index (κ2) is 8.16. The van der Waals surface area contributed by atoms with Gasteiger partial charge in [0, 0.05) is 7.11 Å². The zero-order valence-corrected chi connectivity index (χ0v) is 15.8. The van der Waals surface area contributed by atoms with Crippen LogP contribution in [0.1, 0.15) is 29.8 Å². The van der Waals surface area contributed by atoms with Gasteiger partial charge in [-0.05, 0) is 18.9 Å². The largest absolute Gasteiger partial charge is 0.505 e. The standard InChI is InChI=1S/C16H20Cl2O8/c1-4-6-7(10(19)9(18)11(20)8(6)17)15(22)26-13-5(2)25-16(23)14(24-3)12(13)21/h5,12-14,16,19-21,23H,4H2,1-3H3/t5?,12?,13-,14?,16?/m0/s1. The van der Waals surface area contributed by atoms with E-state index in [1.165, 1.54) is 14.0 Å². The lowest BCUT2D eigenvalue weighted by Gasteiger charge is -2.40. The molecule has 1 aliphatic heterocycles. The molecular formula is C16H20Cl2O8. The molecular weight excluding hydrogens is 391 g/mol. The molecule has 1 saturated heterocycles. The average Bonchev–Trinajstić information content (AvgIpc) is 2.59. The van der Waals surface area contributed by atoms with Crippen LogP contribution in [0.3, 0.4) is 0 Å². The summed E-state index contributed by atoms with van der Waals surface area (Å²) in [6.07, 6.45) is -5.75. The third-order valence-corrected chi connectivity index (χ3v) is 5.04. The Bertz CT molecular complexity index is 696. The summed E-state index contributed by atoms with van der Waals surface area (Å²) in [7, 11) is 1.26. The van der Waals surface area contributed by atoms with Crippen molar-refractivity contribution < 1.29 is 39.4 Å². The van der Waals surface area contributed by atoms with E-state index >= 15 is 0 Å². The van der Waals surface area contributed by atoms with Crippen molar-refractivity contribution in [2.75, 3.05) is 7.11 Å². The number of phenols is 2. The van der Waals surface area contributed by atoms with Crippen LogP contribution in [-0.4, -0.2) is 64.2 Å². The SMILES string of the molecule is CCc1c(Cl)c(O)c(Cl)c(O)c1C(=O)O[C@H]1C(C)OC(O)C(OC)C1O. The Morgan fingerprint density at radius 1 is 1.15 bits per heavy atom. The van der Waals surface area contributed by atoms with Gasteiger partial charge >= 0.3 is 5.97 Å². The third-order valence-electron chi connectivity index (χ3n) is 4.27. The van der Waals surface area contributed by atoms with E-state index in [4.69, 9.17) is 37.4 Å². The summed E-state index contributed by atoms with van der Waals surface area (Å²) < 4.78 is 15.5. The predicted octanol–water partition coefficient (Wildman–Crippen LogP) is 1.61. The minimum Gasteiger partial charge on any atom is -0.505 e. The maximum Gasteiger partial charge on any atom is 0.342 e. The minimum absolute atomic E-state index is 0.137. The lowest BCUT2D eigenvalue weighted by atomic mass is 9.98. The van der Waals surface area contributed by atoms with Crippen molar-refractivity contribution in [3.63, 3.8) is 0 Å². The number of aliphatic hydroxyl groups excluding tert-OH is 2. The van der Waals surface area contributed by atoms with Crippen molar-refractivity contribution in [3.05, 3.63) is 21.2 Å². The van der Waals surface area contributed by atoms with E-state index in [-0.39, 0.29) is 22.6 Å². The average molecular weight is 411 g/mol. The van der Waals surface area contributed by atoms with E-state index in [0.29, 0.717) is 0 Å². The number of benzene rings is 1. The van der Waals surface area contributed by atoms with Crippen LogP contribution in [-0.2, 0) is 20.6 Å². The summed E-state index contributed by atoms with van der Waals surface area (Å²) in [5.74, 6) is -2.25. The molecule has 8 nitrogen and oxygen atoms in total. The Balaban J connectivity index is 2.38. The number of methoxy groups -OCH3 is 1. The minimum atomic E-state index is -1.39. The van der Waals surface area contributed by atoms with Crippen LogP contribution in [0.25, 0.3) is 0 Å². The number of esters is 1. The highest BCUT2D eigenvalue weighted by Gasteiger charge is 2.46. The number of aromatic hydroxyl groups is 2. The molecule has 1 aliphatic rings. The summed E-state index contributed by atoms with van der Waals surface area (Å²) in [6.45, 7) is 3.15. The van der Waals surface area contributed by atoms with Crippen LogP contribution in [0, 0.1) is 0 Å². The van der Waals surface area contributed by atoms with Gasteiger partial charge in [0.15, 0.2) is 23.9 Å². The normalized spacial score (nSPS) is 28.8. The number of ether oxygens (including phenoxy) is 3. The van der Waals surface area contributed by atoms with Gasteiger partial charge in [0.05, 0.1) is 11.1 Å². The van der Waals surface area contributed by atoms with Gasteiger partial charge in [-0.2, -0.15) is 0 Å². The van der Waals surface area contributed by atoms with Crippen LogP contribution < -0.4 is 0 Å². The van der Waals surface area contributed by atoms with Crippen LogP contribution >= 0.6 is 23.2 Å². The van der Waals surface area contributed by atoms with Gasteiger partial charge in [-0.1, -0.05) is 30.1 Å². The van der Waals surface area contributed by atoms with E-state index in [9.17, 15) is 25.2 Å². The third kappa shape index (κ3) is 3.58. The van der Waals surface area contributed by atoms with E-state index in [1.807, 2.05) is 0 Å². The number of phenolic OH excluding ortho intramolecular Hbond substituents is 2. The lowest BCUT2D eigenvalue weighted by molar-refractivity contribution is -0.282. The van der Waals surface area contributed by atoms with E-state index in [0.717, 1.165) is 0 Å². The highest BCUT2D eigenvalue weighted by Crippen LogP contribution is 2.44. The molecule has 4 unspecified atom stereocenters. The van der Waals surface area contributed by atoms with Crippen molar-refractivity contribution in [1.82, 2.24) is 0 Å². The molecule has 0 aliphatic carbocycles. The number of halogens is 2. The summed E-state index contributed by atoms with van der Waals surface area (Å²) in [6, 6.07) is 0. The number of hydrogen-bond donors (Lipinski definition) is 4. The summed E-state index contributed by atoms with van der Waals surface area (Å²) in [5, 5.41) is 39.4. The topological polar surface area (TPSA) is 126 Å². The smallest absolute Gasteiger partial charge is 0.342 e. The predicted molar refractivity (Wildman–Crippen MR) is 91.7 cm³/mol. The molecule has 146 valence electrons. The van der Waals surface area contributed by atoms with Gasteiger partial charge in [0.1, 0.15) is 22.8 Å². The van der Waals surface area contributed by atoms with Crippen molar-refractivity contribution in [1.29, 1.82) is 0 Å². The van der Waals surface area contributed by atoms with Gasteiger partial charge in [-0.15, -0.1) is 0 Å². The molecule has 1 aromatic rings. The molecule has 0 amide bonds. The Morgan fingerprint density at radius 3 is 2.31 bits per heavy atom. The van der Waals surface area contributed by atoms with Crippen LogP contribution in [0.2, 0.25) is 10.0 Å². The molecule has 1 heterocycles. The first-order chi connectivity index (χ1) is 12.1. The highest BCUT2D eigenvalue weighted by molar-refractivity contribution is 6.39. The quantitative estimate of drug-likeness (QED) is 0.551. The molecule has 1 fully saturated rings. The fourth-order valence-electron chi connectivity index (χ4n) is 2.88. The molecule has 10 heteroatoms. The van der Waals surface area contributed by atoms with Gasteiger partial charge in [0.25, 0.3) is 0 Å². The second-order valence-electron chi connectivity index (χ2n) is 5.82. The second-order valence-corrected chi connectivity index (χ2v) is 6.58. The van der Waals surface area contributed by atoms with Crippen LogP contribution in [0.5, 0.6) is 11.5 Å². The first kappa shape index (κ1) is 21.0. The zero-order chi connectivity index (χ0) is 19.8. The van der Waals surface area contributed by atoms with E-state index < -0.39 is 53.2 Å². The molecule has 0 saturated carbocycles. The first-order valence-electron chi connectivity index (χ1n) is 7.82. The fourth-order valence-corrected chi connectivity index (χ4v) is 3.44. The summed E-state index contributed by atoms with van der Waals surface area (Å²) >= 11 is 11.8. The summed E-state index contributed by atoms with van der Waals surface area (Å²) in [4.78, 5) is 12.6. The van der Waals surface area contributed by atoms with Gasteiger partial charge < -0.3 is 34.6 Å². The first-order valence-corrected chi connectivity index (χ1v) is 8.58. The number of carbonyl (C=O) groups is 1. The number of aliphatic hydroxyl groups is 2. The van der Waals surface area contributed by atoms with Gasteiger partial charge in [0.2, 0.25) is 0 Å². The fraction of sp³-hybridized carbons (Fsp3) is 0.562. The van der Waals surface area contributed by atoms with Gasteiger partial charge in [-0.3, -0.25) is 0 Å². The maximum atomic E-state index is 12.6. The molecule has 4 N–H and O–H groups in total. The molecule has 5 atom stereocenters. The van der Waals surface area contributed by atoms with E-state index in [2.05, 4.69) is 0 Å². The van der Waals surface area contributed by atoms with Gasteiger partial charge in [-0.25, -0.2) is 4.79 Å². The lowest BCUT2D eigenvalue weighted by Crippen LogP contribution is -2.58. The molecule has 0 spiro atoms.